The minimum absolute atomic E-state index is 0.0803. The third kappa shape index (κ3) is 6.30. The van der Waals surface area contributed by atoms with Crippen LogP contribution < -0.4 is 0 Å². The smallest absolute Gasteiger partial charge is 0.225 e. The lowest BCUT2D eigenvalue weighted by Gasteiger charge is -2.45. The molecule has 8 heteroatoms. The number of benzene rings is 1. The molecule has 0 radical (unpaired) electrons. The van der Waals surface area contributed by atoms with Gasteiger partial charge in [0.25, 0.3) is 0 Å². The summed E-state index contributed by atoms with van der Waals surface area (Å²) in [6.07, 6.45) is 5.09. The van der Waals surface area contributed by atoms with Crippen molar-refractivity contribution in [3.63, 3.8) is 0 Å². The molecular formula is C28H38N4O4. The summed E-state index contributed by atoms with van der Waals surface area (Å²) < 4.78 is 12.3. The Labute approximate surface area is 213 Å². The van der Waals surface area contributed by atoms with Gasteiger partial charge in [-0.15, -0.1) is 0 Å². The summed E-state index contributed by atoms with van der Waals surface area (Å²) in [7, 11) is 2.10. The molecular weight excluding hydrogens is 456 g/mol. The van der Waals surface area contributed by atoms with Crippen LogP contribution >= 0.6 is 0 Å². The molecule has 4 atom stereocenters. The molecule has 0 unspecified atom stereocenters. The molecule has 0 aliphatic carbocycles. The number of aliphatic hydroxyl groups excluding tert-OH is 1. The Morgan fingerprint density at radius 3 is 2.67 bits per heavy atom. The van der Waals surface area contributed by atoms with Crippen molar-refractivity contribution >= 4 is 5.91 Å². The zero-order valence-electron chi connectivity index (χ0n) is 21.2. The number of aliphatic hydroxyl groups is 1. The average molecular weight is 495 g/mol. The topological polar surface area (TPSA) is 78.4 Å². The summed E-state index contributed by atoms with van der Waals surface area (Å²) >= 11 is 0. The van der Waals surface area contributed by atoms with Gasteiger partial charge in [-0.1, -0.05) is 18.2 Å². The normalized spacial score (nSPS) is 28.2. The second-order valence-electron chi connectivity index (χ2n) is 10.4. The van der Waals surface area contributed by atoms with Crippen LogP contribution in [0.2, 0.25) is 0 Å². The van der Waals surface area contributed by atoms with Crippen molar-refractivity contribution in [2.24, 2.45) is 0 Å². The molecule has 3 aliphatic heterocycles. The first-order valence-corrected chi connectivity index (χ1v) is 13.2. The van der Waals surface area contributed by atoms with Crippen molar-refractivity contribution in [1.29, 1.82) is 0 Å². The monoisotopic (exact) mass is 494 g/mol. The lowest BCUT2D eigenvalue weighted by Crippen LogP contribution is -2.55. The van der Waals surface area contributed by atoms with Crippen LogP contribution in [-0.2, 0) is 20.8 Å². The van der Waals surface area contributed by atoms with Gasteiger partial charge in [0.05, 0.1) is 37.9 Å². The lowest BCUT2D eigenvalue weighted by atomic mass is 9.94. The van der Waals surface area contributed by atoms with Gasteiger partial charge in [0, 0.05) is 57.7 Å². The highest BCUT2D eigenvalue weighted by Crippen LogP contribution is 2.30. The Morgan fingerprint density at radius 2 is 1.86 bits per heavy atom. The number of aromatic nitrogens is 1. The number of amides is 1. The third-order valence-electron chi connectivity index (χ3n) is 7.67. The summed E-state index contributed by atoms with van der Waals surface area (Å²) in [5, 5.41) is 10.6. The second kappa shape index (κ2) is 11.8. The van der Waals surface area contributed by atoms with E-state index in [1.54, 1.807) is 0 Å². The van der Waals surface area contributed by atoms with Crippen LogP contribution in [0.5, 0.6) is 0 Å². The zero-order chi connectivity index (χ0) is 24.9. The van der Waals surface area contributed by atoms with Crippen LogP contribution in [0.3, 0.4) is 0 Å². The molecule has 3 aliphatic rings. The predicted octanol–water partition coefficient (Wildman–Crippen LogP) is 2.02. The fraction of sp³-hybridized carbons (Fsp3) is 0.571. The van der Waals surface area contributed by atoms with Crippen LogP contribution in [-0.4, -0.2) is 108 Å². The lowest BCUT2D eigenvalue weighted by molar-refractivity contribution is -0.161. The minimum Gasteiger partial charge on any atom is -0.389 e. The Balaban J connectivity index is 1.25. The number of carbonyl (C=O) groups excluding carboxylic acids is 1. The van der Waals surface area contributed by atoms with Crippen LogP contribution in [0.1, 0.15) is 24.8 Å². The number of pyridine rings is 1. The molecule has 0 bridgehead atoms. The number of ether oxygens (including phenoxy) is 2. The van der Waals surface area contributed by atoms with E-state index in [0.29, 0.717) is 26.2 Å². The largest absolute Gasteiger partial charge is 0.389 e. The van der Waals surface area contributed by atoms with Gasteiger partial charge in [-0.05, 0) is 54.8 Å². The Hall–Kier alpha value is -2.36. The van der Waals surface area contributed by atoms with Crippen molar-refractivity contribution in [2.75, 3.05) is 53.0 Å². The summed E-state index contributed by atoms with van der Waals surface area (Å²) in [5.41, 5.74) is 3.49. The molecule has 36 heavy (non-hydrogen) atoms. The van der Waals surface area contributed by atoms with Crippen molar-refractivity contribution in [1.82, 2.24) is 19.7 Å². The zero-order valence-corrected chi connectivity index (χ0v) is 21.2. The first kappa shape index (κ1) is 25.3. The van der Waals surface area contributed by atoms with Crippen LogP contribution in [0.4, 0.5) is 0 Å². The summed E-state index contributed by atoms with van der Waals surface area (Å²) in [6.45, 7) is 5.44. The number of carbonyl (C=O) groups is 1. The van der Waals surface area contributed by atoms with Gasteiger partial charge in [0.15, 0.2) is 0 Å². The molecule has 1 aromatic carbocycles. The molecule has 1 N–H and O–H groups in total. The predicted molar refractivity (Wildman–Crippen MR) is 137 cm³/mol. The number of fused-ring (bicyclic) bond motifs is 1. The molecule has 0 saturated carbocycles. The molecule has 3 fully saturated rings. The standard InChI is InChI=1S/C28H38N4O4/c1-30-11-13-31(14-12-30)28(34)16-25-5-6-26-27(36-25)20-35-19-24(33)18-32(26)17-21-3-2-4-23(15-21)22-7-9-29-10-8-22/h2-4,7-10,15,24-27,33H,5-6,11-14,16-20H2,1H3/t24-,25+,26-,27+/m1/s1. The van der Waals surface area contributed by atoms with Gasteiger partial charge < -0.3 is 24.4 Å². The maximum Gasteiger partial charge on any atom is 0.225 e. The van der Waals surface area contributed by atoms with Crippen LogP contribution in [0.25, 0.3) is 11.1 Å². The van der Waals surface area contributed by atoms with E-state index in [2.05, 4.69) is 46.1 Å². The first-order valence-electron chi connectivity index (χ1n) is 13.2. The molecule has 3 saturated heterocycles. The Bertz CT molecular complexity index is 998. The Kier molecular flexibility index (Phi) is 8.29. The van der Waals surface area contributed by atoms with Gasteiger partial charge in [-0.3, -0.25) is 14.7 Å². The number of nitrogens with zero attached hydrogens (tertiary/aromatic N) is 4. The SMILES string of the molecule is CN1CCN(C(=O)C[C@@H]2CC[C@@H]3[C@H](COC[C@H](O)CN3Cc3cccc(-c4ccncc4)c3)O2)CC1. The van der Waals surface area contributed by atoms with Crippen LogP contribution in [0.15, 0.2) is 48.8 Å². The third-order valence-corrected chi connectivity index (χ3v) is 7.67. The summed E-state index contributed by atoms with van der Waals surface area (Å²) in [4.78, 5) is 23.6. The summed E-state index contributed by atoms with van der Waals surface area (Å²) in [5.74, 6) is 0.193. The molecule has 194 valence electrons. The molecule has 2 aromatic rings. The van der Waals surface area contributed by atoms with Gasteiger partial charge in [-0.25, -0.2) is 0 Å². The number of β-amino-alcohol motifs (C(OH)–C–C–N with tert-alkyl or cyclic N) is 1. The van der Waals surface area contributed by atoms with Gasteiger partial charge in [-0.2, -0.15) is 0 Å². The van der Waals surface area contributed by atoms with E-state index in [1.807, 2.05) is 29.4 Å². The van der Waals surface area contributed by atoms with E-state index in [-0.39, 0.29) is 24.2 Å². The highest BCUT2D eigenvalue weighted by atomic mass is 16.5. The molecule has 1 amide bonds. The number of hydrogen-bond donors (Lipinski definition) is 1. The fourth-order valence-corrected chi connectivity index (χ4v) is 5.64. The average Bonchev–Trinajstić information content (AvgIpc) is 2.89. The van der Waals surface area contributed by atoms with E-state index < -0.39 is 6.10 Å². The van der Waals surface area contributed by atoms with E-state index in [4.69, 9.17) is 9.47 Å². The van der Waals surface area contributed by atoms with Crippen molar-refractivity contribution in [3.8, 4) is 11.1 Å². The van der Waals surface area contributed by atoms with E-state index in [0.717, 1.165) is 56.7 Å². The fourth-order valence-electron chi connectivity index (χ4n) is 5.64. The first-order chi connectivity index (χ1) is 17.5. The van der Waals surface area contributed by atoms with E-state index >= 15 is 0 Å². The van der Waals surface area contributed by atoms with E-state index in [1.165, 1.54) is 5.56 Å². The Morgan fingerprint density at radius 1 is 1.06 bits per heavy atom. The van der Waals surface area contributed by atoms with Gasteiger partial charge in [0.1, 0.15) is 0 Å². The van der Waals surface area contributed by atoms with Gasteiger partial charge >= 0.3 is 0 Å². The minimum atomic E-state index is -0.536. The molecule has 8 nitrogen and oxygen atoms in total. The number of hydrogen-bond acceptors (Lipinski definition) is 7. The highest BCUT2D eigenvalue weighted by molar-refractivity contribution is 5.76. The van der Waals surface area contributed by atoms with Crippen LogP contribution in [0, 0.1) is 0 Å². The highest BCUT2D eigenvalue weighted by Gasteiger charge is 2.38. The van der Waals surface area contributed by atoms with Crippen molar-refractivity contribution in [3.05, 3.63) is 54.4 Å². The van der Waals surface area contributed by atoms with Gasteiger partial charge in [0.2, 0.25) is 5.91 Å². The summed E-state index contributed by atoms with van der Waals surface area (Å²) in [6, 6.07) is 12.7. The number of piperazine rings is 1. The van der Waals surface area contributed by atoms with Crippen molar-refractivity contribution < 1.29 is 19.4 Å². The molecule has 0 spiro atoms. The maximum absolute atomic E-state index is 12.9. The van der Waals surface area contributed by atoms with E-state index in [9.17, 15) is 9.90 Å². The molecule has 4 heterocycles. The number of likely N-dealkylation sites (N-methyl/N-ethyl adjacent to an activating group) is 1. The van der Waals surface area contributed by atoms with Crippen molar-refractivity contribution in [2.45, 2.75) is 50.2 Å². The maximum atomic E-state index is 12.9. The second-order valence-corrected chi connectivity index (χ2v) is 10.4. The number of rotatable bonds is 5. The molecule has 1 aromatic heterocycles. The quantitative estimate of drug-likeness (QED) is 0.681. The molecule has 5 rings (SSSR count).